The molecule has 1 N–H and O–H groups in total. The summed E-state index contributed by atoms with van der Waals surface area (Å²) in [6.07, 6.45) is 4.86. The van der Waals surface area contributed by atoms with Crippen molar-refractivity contribution in [1.29, 1.82) is 0 Å². The van der Waals surface area contributed by atoms with E-state index in [1.165, 1.54) is 37.2 Å². The van der Waals surface area contributed by atoms with Crippen molar-refractivity contribution in [3.63, 3.8) is 0 Å². The van der Waals surface area contributed by atoms with Crippen LogP contribution in [-0.4, -0.2) is 50.0 Å². The van der Waals surface area contributed by atoms with Gasteiger partial charge in [0.25, 0.3) is 0 Å². The van der Waals surface area contributed by atoms with E-state index in [1.54, 1.807) is 0 Å². The number of rotatable bonds is 5. The molecule has 2 heterocycles. The number of thioether (sulfide) groups is 1. The fourth-order valence-corrected chi connectivity index (χ4v) is 4.44. The largest absolute Gasteiger partial charge is 0.380 e. The van der Waals surface area contributed by atoms with E-state index in [2.05, 4.69) is 31.1 Å². The van der Waals surface area contributed by atoms with Gasteiger partial charge in [-0.25, -0.2) is 0 Å². The van der Waals surface area contributed by atoms with E-state index < -0.39 is 0 Å². The first kappa shape index (κ1) is 14.6. The lowest BCUT2D eigenvalue weighted by Gasteiger charge is -2.45. The smallest absolute Gasteiger partial charge is 0.0701 e. The first-order chi connectivity index (χ1) is 8.79. The first-order valence-corrected chi connectivity index (χ1v) is 8.42. The molecular weight excluding hydrogens is 246 g/mol. The molecule has 0 amide bonds. The second-order valence-corrected chi connectivity index (χ2v) is 6.68. The van der Waals surface area contributed by atoms with Crippen LogP contribution in [0.1, 0.15) is 32.6 Å². The Morgan fingerprint density at radius 2 is 2.22 bits per heavy atom. The topological polar surface area (TPSA) is 30.5 Å². The molecule has 3 nitrogen and oxygen atoms in total. The first-order valence-electron chi connectivity index (χ1n) is 7.26. The van der Waals surface area contributed by atoms with Crippen molar-refractivity contribution in [1.82, 2.24) is 5.32 Å². The Morgan fingerprint density at radius 3 is 2.89 bits per heavy atom. The maximum atomic E-state index is 6.15. The van der Waals surface area contributed by atoms with Crippen LogP contribution >= 0.6 is 11.8 Å². The van der Waals surface area contributed by atoms with Crippen molar-refractivity contribution in [2.45, 2.75) is 44.2 Å². The number of nitrogens with one attached hydrogen (secondary N) is 1. The molecule has 0 radical (unpaired) electrons. The van der Waals surface area contributed by atoms with Gasteiger partial charge < -0.3 is 14.8 Å². The summed E-state index contributed by atoms with van der Waals surface area (Å²) in [4.78, 5) is 0. The van der Waals surface area contributed by atoms with Crippen molar-refractivity contribution in [3.8, 4) is 0 Å². The van der Waals surface area contributed by atoms with Crippen LogP contribution in [0.2, 0.25) is 0 Å². The van der Waals surface area contributed by atoms with E-state index in [0.717, 1.165) is 19.8 Å². The zero-order valence-electron chi connectivity index (χ0n) is 11.7. The third-order valence-electron chi connectivity index (χ3n) is 4.38. The molecule has 1 spiro atoms. The van der Waals surface area contributed by atoms with Gasteiger partial charge in [-0.15, -0.1) is 0 Å². The summed E-state index contributed by atoms with van der Waals surface area (Å²) in [5.41, 5.74) is 0.190. The Kier molecular flexibility index (Phi) is 5.80. The summed E-state index contributed by atoms with van der Waals surface area (Å²) in [5, 5.41) is 3.44. The summed E-state index contributed by atoms with van der Waals surface area (Å²) in [7, 11) is 2.06. The van der Waals surface area contributed by atoms with Gasteiger partial charge in [0.15, 0.2) is 0 Å². The Labute approximate surface area is 115 Å². The van der Waals surface area contributed by atoms with Crippen molar-refractivity contribution in [2.75, 3.05) is 38.4 Å². The van der Waals surface area contributed by atoms with Gasteiger partial charge >= 0.3 is 0 Å². The van der Waals surface area contributed by atoms with Crippen LogP contribution in [0.25, 0.3) is 0 Å². The lowest BCUT2D eigenvalue weighted by atomic mass is 9.79. The zero-order valence-corrected chi connectivity index (χ0v) is 12.6. The summed E-state index contributed by atoms with van der Waals surface area (Å²) < 4.78 is 11.8. The third-order valence-corrected chi connectivity index (χ3v) is 5.36. The number of likely N-dealkylation sites (N-methyl/N-ethyl adjacent to an activating group) is 1. The van der Waals surface area contributed by atoms with Crippen LogP contribution < -0.4 is 5.32 Å². The predicted octanol–water partition coefficient (Wildman–Crippen LogP) is 2.30. The van der Waals surface area contributed by atoms with Crippen molar-refractivity contribution < 1.29 is 9.47 Å². The molecule has 4 heteroatoms. The SMILES string of the molecule is CCOCC(NC)C1CCOC2(CCSCC2)C1. The molecule has 0 bridgehead atoms. The summed E-state index contributed by atoms with van der Waals surface area (Å²) in [5.74, 6) is 3.24. The molecular formula is C14H27NO2S. The van der Waals surface area contributed by atoms with Gasteiger partial charge in [-0.2, -0.15) is 11.8 Å². The van der Waals surface area contributed by atoms with E-state index >= 15 is 0 Å². The van der Waals surface area contributed by atoms with Crippen LogP contribution in [-0.2, 0) is 9.47 Å². The third kappa shape index (κ3) is 3.62. The van der Waals surface area contributed by atoms with E-state index in [-0.39, 0.29) is 5.60 Å². The van der Waals surface area contributed by atoms with E-state index in [0.29, 0.717) is 12.0 Å². The molecule has 2 atom stereocenters. The number of hydrogen-bond acceptors (Lipinski definition) is 4. The van der Waals surface area contributed by atoms with E-state index in [1.807, 2.05) is 0 Å². The normalized spacial score (nSPS) is 29.3. The van der Waals surface area contributed by atoms with Gasteiger partial charge in [-0.3, -0.25) is 0 Å². The van der Waals surface area contributed by atoms with E-state index in [4.69, 9.17) is 9.47 Å². The molecule has 0 aromatic carbocycles. The van der Waals surface area contributed by atoms with Gasteiger partial charge in [-0.05, 0) is 57.1 Å². The average molecular weight is 273 g/mol. The molecule has 2 aliphatic rings. The molecule has 2 saturated heterocycles. The van der Waals surface area contributed by atoms with Crippen molar-refractivity contribution in [2.24, 2.45) is 5.92 Å². The van der Waals surface area contributed by atoms with Crippen LogP contribution in [0, 0.1) is 5.92 Å². The molecule has 2 aliphatic heterocycles. The molecule has 18 heavy (non-hydrogen) atoms. The molecule has 106 valence electrons. The Bertz CT molecular complexity index is 238. The Morgan fingerprint density at radius 1 is 1.44 bits per heavy atom. The van der Waals surface area contributed by atoms with Crippen LogP contribution in [0.5, 0.6) is 0 Å². The maximum absolute atomic E-state index is 6.15. The second-order valence-electron chi connectivity index (χ2n) is 5.45. The van der Waals surface area contributed by atoms with Gasteiger partial charge in [0, 0.05) is 19.3 Å². The van der Waals surface area contributed by atoms with Crippen molar-refractivity contribution >= 4 is 11.8 Å². The predicted molar refractivity (Wildman–Crippen MR) is 77.3 cm³/mol. The van der Waals surface area contributed by atoms with Crippen LogP contribution in [0.15, 0.2) is 0 Å². The fraction of sp³-hybridized carbons (Fsp3) is 1.00. The molecule has 0 saturated carbocycles. The highest BCUT2D eigenvalue weighted by atomic mass is 32.2. The van der Waals surface area contributed by atoms with Gasteiger partial charge in [-0.1, -0.05) is 0 Å². The molecule has 0 aliphatic carbocycles. The number of hydrogen-bond donors (Lipinski definition) is 1. The quantitative estimate of drug-likeness (QED) is 0.832. The minimum atomic E-state index is 0.190. The highest BCUT2D eigenvalue weighted by Crippen LogP contribution is 2.40. The van der Waals surface area contributed by atoms with Gasteiger partial charge in [0.05, 0.1) is 12.2 Å². The molecule has 0 aromatic heterocycles. The highest BCUT2D eigenvalue weighted by molar-refractivity contribution is 7.99. The standard InChI is InChI=1S/C14H27NO2S/c1-3-16-11-13(15-2)12-4-7-17-14(10-12)5-8-18-9-6-14/h12-13,15H,3-11H2,1-2H3. The molecule has 0 aromatic rings. The highest BCUT2D eigenvalue weighted by Gasteiger charge is 2.40. The Balaban J connectivity index is 1.91. The monoisotopic (exact) mass is 273 g/mol. The lowest BCUT2D eigenvalue weighted by Crippen LogP contribution is -2.49. The molecule has 2 rings (SSSR count). The summed E-state index contributed by atoms with van der Waals surface area (Å²) >= 11 is 2.07. The molecule has 2 unspecified atom stereocenters. The lowest BCUT2D eigenvalue weighted by molar-refractivity contribution is -0.110. The Hall–Kier alpha value is 0.230. The van der Waals surface area contributed by atoms with Crippen LogP contribution in [0.3, 0.4) is 0 Å². The zero-order chi connectivity index (χ0) is 12.8. The van der Waals surface area contributed by atoms with E-state index in [9.17, 15) is 0 Å². The van der Waals surface area contributed by atoms with Gasteiger partial charge in [0.2, 0.25) is 0 Å². The maximum Gasteiger partial charge on any atom is 0.0701 e. The van der Waals surface area contributed by atoms with Gasteiger partial charge in [0.1, 0.15) is 0 Å². The van der Waals surface area contributed by atoms with Crippen molar-refractivity contribution in [3.05, 3.63) is 0 Å². The van der Waals surface area contributed by atoms with Crippen LogP contribution in [0.4, 0.5) is 0 Å². The second kappa shape index (κ2) is 7.13. The minimum absolute atomic E-state index is 0.190. The summed E-state index contributed by atoms with van der Waals surface area (Å²) in [6, 6.07) is 0.486. The summed E-state index contributed by atoms with van der Waals surface area (Å²) in [6.45, 7) is 4.64. The fourth-order valence-electron chi connectivity index (χ4n) is 3.20. The number of ether oxygens (including phenoxy) is 2. The molecule has 2 fully saturated rings. The average Bonchev–Trinajstić information content (AvgIpc) is 2.41. The minimum Gasteiger partial charge on any atom is -0.380 e.